The summed E-state index contributed by atoms with van der Waals surface area (Å²) in [5, 5.41) is 3.53. The smallest absolute Gasteiger partial charge is 0.339 e. The van der Waals surface area contributed by atoms with Crippen molar-refractivity contribution < 1.29 is 14.3 Å². The summed E-state index contributed by atoms with van der Waals surface area (Å²) in [7, 11) is 0. The molecule has 1 amide bonds. The summed E-state index contributed by atoms with van der Waals surface area (Å²) in [6.07, 6.45) is 2.67. The van der Waals surface area contributed by atoms with Gasteiger partial charge in [-0.2, -0.15) is 0 Å². The summed E-state index contributed by atoms with van der Waals surface area (Å²) in [5.41, 5.74) is 4.04. The average molecular weight is 495 g/mol. The third kappa shape index (κ3) is 4.85. The number of para-hydroxylation sites is 1. The number of halogens is 1. The van der Waals surface area contributed by atoms with Crippen LogP contribution in [0.4, 0.5) is 5.69 Å². The van der Waals surface area contributed by atoms with Crippen LogP contribution in [0.1, 0.15) is 48.8 Å². The van der Waals surface area contributed by atoms with Gasteiger partial charge in [0.05, 0.1) is 11.1 Å². The van der Waals surface area contributed by atoms with E-state index in [1.165, 1.54) is 0 Å². The molecule has 1 aromatic heterocycles. The fourth-order valence-corrected chi connectivity index (χ4v) is 4.73. The molecule has 1 aliphatic rings. The molecule has 0 bridgehead atoms. The second kappa shape index (κ2) is 9.02. The average Bonchev–Trinajstić information content (AvgIpc) is 2.74. The molecule has 6 heteroatoms. The van der Waals surface area contributed by atoms with E-state index in [9.17, 15) is 9.59 Å². The van der Waals surface area contributed by atoms with Crippen LogP contribution < -0.4 is 5.32 Å². The summed E-state index contributed by atoms with van der Waals surface area (Å²) in [6.45, 7) is 6.36. The molecule has 5 nitrogen and oxygen atoms in total. The number of carbonyl (C=O) groups is 2. The zero-order valence-corrected chi connectivity index (χ0v) is 20.2. The van der Waals surface area contributed by atoms with Gasteiger partial charge in [0, 0.05) is 21.2 Å². The molecular weight excluding hydrogens is 468 g/mol. The molecule has 3 aromatic rings. The van der Waals surface area contributed by atoms with Gasteiger partial charge in [0.2, 0.25) is 0 Å². The normalized spacial score (nSPS) is 15.8. The molecule has 0 saturated heterocycles. The number of anilines is 1. The Bertz CT molecular complexity index is 1180. The molecule has 0 unspecified atom stereocenters. The van der Waals surface area contributed by atoms with Crippen molar-refractivity contribution in [1.82, 2.24) is 4.98 Å². The predicted molar refractivity (Wildman–Crippen MR) is 130 cm³/mol. The van der Waals surface area contributed by atoms with E-state index < -0.39 is 5.97 Å². The number of aromatic nitrogens is 1. The molecule has 1 heterocycles. The fraction of sp³-hybridized carbons (Fsp3) is 0.346. The van der Waals surface area contributed by atoms with Gasteiger partial charge in [0.25, 0.3) is 5.91 Å². The van der Waals surface area contributed by atoms with Gasteiger partial charge in [-0.05, 0) is 60.4 Å². The lowest BCUT2D eigenvalue weighted by Crippen LogP contribution is -2.29. The highest BCUT2D eigenvalue weighted by Gasteiger charge is 2.33. The van der Waals surface area contributed by atoms with Crippen LogP contribution in [-0.2, 0) is 22.4 Å². The lowest BCUT2D eigenvalue weighted by atomic mass is 9.70. The van der Waals surface area contributed by atoms with E-state index >= 15 is 0 Å². The molecular formula is C26H27BrN2O3. The third-order valence-corrected chi connectivity index (χ3v) is 6.62. The van der Waals surface area contributed by atoms with E-state index in [1.807, 2.05) is 36.4 Å². The topological polar surface area (TPSA) is 68.3 Å². The Morgan fingerprint density at radius 1 is 1.16 bits per heavy atom. The van der Waals surface area contributed by atoms with Gasteiger partial charge >= 0.3 is 5.97 Å². The Balaban J connectivity index is 1.60. The zero-order valence-electron chi connectivity index (χ0n) is 18.6. The second-order valence-corrected chi connectivity index (χ2v) is 10.3. The lowest BCUT2D eigenvalue weighted by Gasteiger charge is -2.35. The molecule has 1 aliphatic carbocycles. The minimum atomic E-state index is -0.473. The minimum Gasteiger partial charge on any atom is -0.452 e. The molecule has 32 heavy (non-hydrogen) atoms. The number of fused-ring (bicyclic) bond motifs is 2. The molecule has 2 aromatic carbocycles. The number of ether oxygens (including phenoxy) is 1. The first-order valence-electron chi connectivity index (χ1n) is 10.9. The van der Waals surface area contributed by atoms with Gasteiger partial charge in [-0.1, -0.05) is 61.0 Å². The Morgan fingerprint density at radius 3 is 2.69 bits per heavy atom. The first-order chi connectivity index (χ1) is 15.2. The molecule has 0 fully saturated rings. The maximum Gasteiger partial charge on any atom is 0.339 e. The number of carbonyl (C=O) groups excluding carboxylic acids is 2. The number of hydrogen-bond acceptors (Lipinski definition) is 4. The molecule has 0 saturated carbocycles. The predicted octanol–water partition coefficient (Wildman–Crippen LogP) is 5.94. The third-order valence-electron chi connectivity index (χ3n) is 6.13. The van der Waals surface area contributed by atoms with Crippen molar-refractivity contribution in [3.63, 3.8) is 0 Å². The van der Waals surface area contributed by atoms with Crippen LogP contribution in [0.25, 0.3) is 10.9 Å². The monoisotopic (exact) mass is 494 g/mol. The lowest BCUT2D eigenvalue weighted by molar-refractivity contribution is -0.119. The van der Waals surface area contributed by atoms with Crippen LogP contribution in [0.5, 0.6) is 0 Å². The highest BCUT2D eigenvalue weighted by molar-refractivity contribution is 9.10. The summed E-state index contributed by atoms with van der Waals surface area (Å²) in [5.74, 6) is -0.403. The first kappa shape index (κ1) is 22.5. The van der Waals surface area contributed by atoms with Gasteiger partial charge in [-0.15, -0.1) is 0 Å². The van der Waals surface area contributed by atoms with Gasteiger partial charge < -0.3 is 10.1 Å². The van der Waals surface area contributed by atoms with Crippen LogP contribution in [0, 0.1) is 11.3 Å². The largest absolute Gasteiger partial charge is 0.452 e. The van der Waals surface area contributed by atoms with Gasteiger partial charge in [0.15, 0.2) is 6.61 Å². The maximum absolute atomic E-state index is 13.3. The van der Waals surface area contributed by atoms with Crippen molar-refractivity contribution in [2.75, 3.05) is 11.9 Å². The highest BCUT2D eigenvalue weighted by atomic mass is 79.9. The number of nitrogens with zero attached hydrogens (tertiary/aromatic N) is 1. The van der Waals surface area contributed by atoms with Crippen LogP contribution in [0.3, 0.4) is 0 Å². The van der Waals surface area contributed by atoms with Crippen molar-refractivity contribution in [3.05, 3.63) is 69.8 Å². The van der Waals surface area contributed by atoms with Crippen molar-refractivity contribution in [1.29, 1.82) is 0 Å². The van der Waals surface area contributed by atoms with Crippen molar-refractivity contribution >= 4 is 44.4 Å². The quantitative estimate of drug-likeness (QED) is 0.455. The van der Waals surface area contributed by atoms with Gasteiger partial charge in [-0.3, -0.25) is 9.78 Å². The molecule has 1 atom stereocenters. The zero-order chi connectivity index (χ0) is 22.9. The number of amides is 1. The van der Waals surface area contributed by atoms with Crippen LogP contribution >= 0.6 is 15.9 Å². The van der Waals surface area contributed by atoms with Gasteiger partial charge in [-0.25, -0.2) is 4.79 Å². The van der Waals surface area contributed by atoms with Gasteiger partial charge in [0.1, 0.15) is 0 Å². The van der Waals surface area contributed by atoms with E-state index in [4.69, 9.17) is 9.72 Å². The number of nitrogens with one attached hydrogen (secondary N) is 1. The van der Waals surface area contributed by atoms with E-state index in [2.05, 4.69) is 42.0 Å². The number of esters is 1. The molecule has 4 rings (SSSR count). The summed E-state index contributed by atoms with van der Waals surface area (Å²) >= 11 is 3.38. The first-order valence-corrected chi connectivity index (χ1v) is 11.6. The van der Waals surface area contributed by atoms with E-state index in [0.29, 0.717) is 17.2 Å². The fourth-order valence-electron chi connectivity index (χ4n) is 4.33. The van der Waals surface area contributed by atoms with Crippen LogP contribution in [-0.4, -0.2) is 23.5 Å². The Morgan fingerprint density at radius 2 is 1.94 bits per heavy atom. The number of aryl methyl sites for hydroxylation is 1. The molecule has 0 spiro atoms. The Labute approximate surface area is 196 Å². The van der Waals surface area contributed by atoms with Crippen LogP contribution in [0.15, 0.2) is 53.0 Å². The number of hydrogen-bond donors (Lipinski definition) is 1. The molecule has 166 valence electrons. The number of pyridine rings is 1. The molecule has 1 N–H and O–H groups in total. The van der Waals surface area contributed by atoms with Crippen molar-refractivity contribution in [3.8, 4) is 0 Å². The Hall–Kier alpha value is -2.73. The van der Waals surface area contributed by atoms with E-state index in [-0.39, 0.29) is 17.9 Å². The highest BCUT2D eigenvalue weighted by Crippen LogP contribution is 2.39. The van der Waals surface area contributed by atoms with Crippen molar-refractivity contribution in [2.24, 2.45) is 11.3 Å². The maximum atomic E-state index is 13.3. The molecule has 0 aliphatic heterocycles. The number of benzene rings is 2. The Kier molecular flexibility index (Phi) is 6.33. The standard InChI is InChI=1S/C26H27BrN2O3/c1-26(2,3)16-11-12-22-20(13-16)24(19-9-4-5-10-21(19)29-22)25(31)32-15-23(30)28-18-8-6-7-17(27)14-18/h4-10,14,16H,11-13,15H2,1-3H3,(H,28,30)/t16-/m0/s1. The second-order valence-electron chi connectivity index (χ2n) is 9.37. The summed E-state index contributed by atoms with van der Waals surface area (Å²) < 4.78 is 6.35. The molecule has 0 radical (unpaired) electrons. The summed E-state index contributed by atoms with van der Waals surface area (Å²) in [6, 6.07) is 14.9. The summed E-state index contributed by atoms with van der Waals surface area (Å²) in [4.78, 5) is 30.5. The van der Waals surface area contributed by atoms with Crippen LogP contribution in [0.2, 0.25) is 0 Å². The van der Waals surface area contributed by atoms with E-state index in [0.717, 1.165) is 45.9 Å². The SMILES string of the molecule is CC(C)(C)[C@H]1CCc2nc3ccccc3c(C(=O)OCC(=O)Nc3cccc(Br)c3)c2C1. The van der Waals surface area contributed by atoms with Crippen molar-refractivity contribution in [2.45, 2.75) is 40.0 Å². The minimum absolute atomic E-state index is 0.133. The number of rotatable bonds is 4. The van der Waals surface area contributed by atoms with E-state index in [1.54, 1.807) is 12.1 Å².